The van der Waals surface area contributed by atoms with Gasteiger partial charge in [0.2, 0.25) is 0 Å². The zero-order valence-electron chi connectivity index (χ0n) is 16.2. The van der Waals surface area contributed by atoms with Gasteiger partial charge in [-0.25, -0.2) is 9.98 Å². The van der Waals surface area contributed by atoms with Crippen LogP contribution in [0.1, 0.15) is 23.6 Å². The predicted molar refractivity (Wildman–Crippen MR) is 126 cm³/mol. The number of nitrogens with one attached hydrogen (secondary N) is 2. The lowest BCUT2D eigenvalue weighted by Gasteiger charge is -2.11. The summed E-state index contributed by atoms with van der Waals surface area (Å²) in [5.74, 6) is 0.855. The second-order valence-corrected chi connectivity index (χ2v) is 6.41. The zero-order chi connectivity index (χ0) is 18.7. The van der Waals surface area contributed by atoms with E-state index in [4.69, 9.17) is 4.99 Å². The molecule has 0 atom stereocenters. The lowest BCUT2D eigenvalue weighted by molar-refractivity contribution is 0.791. The minimum Gasteiger partial charge on any atom is -0.357 e. The van der Waals surface area contributed by atoms with Crippen molar-refractivity contribution in [1.82, 2.24) is 20.2 Å². The Balaban J connectivity index is 0.00000280. The molecule has 6 heteroatoms. The molecule has 0 amide bonds. The lowest BCUT2D eigenvalue weighted by Crippen LogP contribution is -2.38. The Labute approximate surface area is 184 Å². The lowest BCUT2D eigenvalue weighted by atomic mass is 10.1. The molecule has 3 rings (SSSR count). The van der Waals surface area contributed by atoms with E-state index in [-0.39, 0.29) is 24.0 Å². The number of nitrogens with zero attached hydrogens (tertiary/aromatic N) is 3. The summed E-state index contributed by atoms with van der Waals surface area (Å²) < 4.78 is 2.07. The molecule has 3 aromatic rings. The molecule has 0 radical (unpaired) electrons. The first-order valence-electron chi connectivity index (χ1n) is 9.43. The summed E-state index contributed by atoms with van der Waals surface area (Å²) in [4.78, 5) is 8.82. The molecular weight excluding hydrogens is 461 g/mol. The average molecular weight is 489 g/mol. The van der Waals surface area contributed by atoms with E-state index in [9.17, 15) is 0 Å². The molecule has 148 valence electrons. The first-order chi connectivity index (χ1) is 13.3. The minimum absolute atomic E-state index is 0. The predicted octanol–water partition coefficient (Wildman–Crippen LogP) is 3.85. The Morgan fingerprint density at radius 3 is 2.54 bits per heavy atom. The van der Waals surface area contributed by atoms with Crippen molar-refractivity contribution in [2.45, 2.75) is 26.4 Å². The maximum absolute atomic E-state index is 4.73. The average Bonchev–Trinajstić information content (AvgIpc) is 3.20. The first-order valence-corrected chi connectivity index (χ1v) is 9.43. The van der Waals surface area contributed by atoms with E-state index >= 15 is 0 Å². The van der Waals surface area contributed by atoms with Crippen LogP contribution in [0.4, 0.5) is 0 Å². The highest BCUT2D eigenvalue weighted by Crippen LogP contribution is 2.08. The fraction of sp³-hybridized carbons (Fsp3) is 0.273. The number of aromatic nitrogens is 2. The number of guanidine groups is 1. The highest BCUT2D eigenvalue weighted by molar-refractivity contribution is 14.0. The molecule has 0 aliphatic rings. The number of hydrogen-bond donors (Lipinski definition) is 2. The summed E-state index contributed by atoms with van der Waals surface area (Å²) in [5.41, 5.74) is 3.78. The van der Waals surface area contributed by atoms with Gasteiger partial charge >= 0.3 is 0 Å². The van der Waals surface area contributed by atoms with Crippen molar-refractivity contribution in [3.63, 3.8) is 0 Å². The van der Waals surface area contributed by atoms with Crippen molar-refractivity contribution in [2.24, 2.45) is 4.99 Å². The molecule has 1 aromatic heterocycles. The molecule has 0 fully saturated rings. The molecule has 0 saturated heterocycles. The van der Waals surface area contributed by atoms with Crippen LogP contribution in [0, 0.1) is 0 Å². The van der Waals surface area contributed by atoms with E-state index in [1.54, 1.807) is 6.20 Å². The van der Waals surface area contributed by atoms with E-state index in [2.05, 4.69) is 75.6 Å². The van der Waals surface area contributed by atoms with Gasteiger partial charge in [-0.2, -0.15) is 0 Å². The van der Waals surface area contributed by atoms with Gasteiger partial charge in [0.05, 0.1) is 12.9 Å². The topological polar surface area (TPSA) is 54.2 Å². The third kappa shape index (κ3) is 7.34. The van der Waals surface area contributed by atoms with Crippen molar-refractivity contribution < 1.29 is 0 Å². The van der Waals surface area contributed by atoms with Crippen molar-refractivity contribution in [1.29, 1.82) is 0 Å². The number of benzene rings is 2. The van der Waals surface area contributed by atoms with Crippen LogP contribution in [0.2, 0.25) is 0 Å². The number of imidazole rings is 1. The SMILES string of the molecule is CCNC(=NCc1cccc(Cn2ccnc2)c1)NCCc1ccccc1.I. The molecule has 0 spiro atoms. The molecule has 2 N–H and O–H groups in total. The molecule has 2 aromatic carbocycles. The second-order valence-electron chi connectivity index (χ2n) is 6.41. The Bertz CT molecular complexity index is 831. The molecule has 0 unspecified atom stereocenters. The van der Waals surface area contributed by atoms with Gasteiger partial charge < -0.3 is 15.2 Å². The number of halogens is 1. The standard InChI is InChI=1S/C22H27N5.HI/c1-2-24-22(25-12-11-19-7-4-3-5-8-19)26-16-20-9-6-10-21(15-20)17-27-14-13-23-18-27;/h3-10,13-15,18H,2,11-12,16-17H2,1H3,(H2,24,25,26);1H. The van der Waals surface area contributed by atoms with Gasteiger partial charge in [-0.05, 0) is 30.0 Å². The van der Waals surface area contributed by atoms with E-state index in [0.717, 1.165) is 32.0 Å². The quantitative estimate of drug-likeness (QED) is 0.287. The molecule has 0 aliphatic heterocycles. The van der Waals surface area contributed by atoms with Crippen molar-refractivity contribution in [2.75, 3.05) is 13.1 Å². The molecule has 5 nitrogen and oxygen atoms in total. The van der Waals surface area contributed by atoms with Gasteiger partial charge in [0, 0.05) is 32.0 Å². The van der Waals surface area contributed by atoms with Gasteiger partial charge in [-0.15, -0.1) is 24.0 Å². The molecule has 0 aliphatic carbocycles. The summed E-state index contributed by atoms with van der Waals surface area (Å²) in [5, 5.41) is 6.73. The van der Waals surface area contributed by atoms with E-state index < -0.39 is 0 Å². The van der Waals surface area contributed by atoms with Crippen LogP contribution in [0.25, 0.3) is 0 Å². The highest BCUT2D eigenvalue weighted by atomic mass is 127. The summed E-state index contributed by atoms with van der Waals surface area (Å²) in [7, 11) is 0. The van der Waals surface area contributed by atoms with Gasteiger partial charge in [0.25, 0.3) is 0 Å². The van der Waals surface area contributed by atoms with Crippen LogP contribution in [0.5, 0.6) is 0 Å². The summed E-state index contributed by atoms with van der Waals surface area (Å²) >= 11 is 0. The van der Waals surface area contributed by atoms with Crippen LogP contribution < -0.4 is 10.6 Å². The number of aliphatic imine (C=N–C) groups is 1. The van der Waals surface area contributed by atoms with Crippen LogP contribution in [-0.4, -0.2) is 28.6 Å². The molecule has 28 heavy (non-hydrogen) atoms. The summed E-state index contributed by atoms with van der Waals surface area (Å²) in [6.45, 7) is 5.26. The Morgan fingerprint density at radius 1 is 1.00 bits per heavy atom. The van der Waals surface area contributed by atoms with Gasteiger partial charge in [0.1, 0.15) is 0 Å². The maximum atomic E-state index is 4.73. The van der Waals surface area contributed by atoms with Gasteiger partial charge in [-0.1, -0.05) is 54.6 Å². The highest BCUT2D eigenvalue weighted by Gasteiger charge is 2.00. The van der Waals surface area contributed by atoms with E-state index in [1.807, 2.05) is 18.6 Å². The Hall–Kier alpha value is -2.35. The number of hydrogen-bond acceptors (Lipinski definition) is 2. The number of rotatable bonds is 8. The molecular formula is C22H28IN5. The molecule has 0 bridgehead atoms. The van der Waals surface area contributed by atoms with E-state index in [1.165, 1.54) is 16.7 Å². The maximum Gasteiger partial charge on any atom is 0.191 e. The minimum atomic E-state index is 0. The van der Waals surface area contributed by atoms with Gasteiger partial charge in [-0.3, -0.25) is 0 Å². The van der Waals surface area contributed by atoms with Crippen LogP contribution in [-0.2, 0) is 19.5 Å². The van der Waals surface area contributed by atoms with Crippen molar-refractivity contribution >= 4 is 29.9 Å². The summed E-state index contributed by atoms with van der Waals surface area (Å²) in [6.07, 6.45) is 6.60. The third-order valence-corrected chi connectivity index (χ3v) is 4.23. The normalized spacial score (nSPS) is 11.0. The fourth-order valence-corrected chi connectivity index (χ4v) is 2.90. The monoisotopic (exact) mass is 489 g/mol. The Morgan fingerprint density at radius 2 is 1.79 bits per heavy atom. The van der Waals surface area contributed by atoms with Crippen molar-refractivity contribution in [3.8, 4) is 0 Å². The third-order valence-electron chi connectivity index (χ3n) is 4.23. The molecule has 1 heterocycles. The molecule has 0 saturated carbocycles. The van der Waals surface area contributed by atoms with Crippen molar-refractivity contribution in [3.05, 3.63) is 90.0 Å². The second kappa shape index (κ2) is 12.2. The summed E-state index contributed by atoms with van der Waals surface area (Å²) in [6, 6.07) is 19.0. The Kier molecular flexibility index (Phi) is 9.54. The van der Waals surface area contributed by atoms with E-state index in [0.29, 0.717) is 6.54 Å². The zero-order valence-corrected chi connectivity index (χ0v) is 18.5. The first kappa shape index (κ1) is 21.9. The largest absolute Gasteiger partial charge is 0.357 e. The van der Waals surface area contributed by atoms with Gasteiger partial charge in [0.15, 0.2) is 5.96 Å². The van der Waals surface area contributed by atoms with Crippen LogP contribution >= 0.6 is 24.0 Å². The fourth-order valence-electron chi connectivity index (χ4n) is 2.90. The van der Waals surface area contributed by atoms with Crippen LogP contribution in [0.15, 0.2) is 78.3 Å². The van der Waals surface area contributed by atoms with Crippen LogP contribution in [0.3, 0.4) is 0 Å². The smallest absolute Gasteiger partial charge is 0.191 e.